The first-order chi connectivity index (χ1) is 21.4. The SMILES string of the molecule is COCCCN(C[C@@H]1CCCN2CCCC[C@H]12)C(=O)[C@@H]1Cc2cc(N([O-])O)ccc2N2CC3CC(Cn4c3cccc4=O)[C@@H]12. The molecule has 1 aromatic heterocycles. The summed E-state index contributed by atoms with van der Waals surface area (Å²) >= 11 is 0. The molecule has 10 nitrogen and oxygen atoms in total. The Labute approximate surface area is 259 Å². The Balaban J connectivity index is 1.24. The van der Waals surface area contributed by atoms with Crippen molar-refractivity contribution in [1.82, 2.24) is 14.4 Å². The molecule has 5 aliphatic rings. The number of carbonyl (C=O) groups is 1. The summed E-state index contributed by atoms with van der Waals surface area (Å²) in [7, 11) is 1.71. The standard InChI is InChI=1S/C34H46N5O5/c1-44-16-6-15-36(20-23-7-5-14-35-13-3-2-8-29(23)35)34(41)28-19-24-18-27(39(42)43)11-12-31(24)38-21-25-17-26(33(28)38)22-37-30(25)9-4-10-32(37)40/h4,9-12,18,23,25-26,28-29,33,42H,2-3,5-8,13-17,19-22H2,1H3/q-1/t23-,25?,26?,28+,29+,33-/m0/s1. The van der Waals surface area contributed by atoms with E-state index in [1.54, 1.807) is 25.3 Å². The Kier molecular flexibility index (Phi) is 8.43. The minimum Gasteiger partial charge on any atom is -0.733 e. The molecule has 5 aliphatic heterocycles. The predicted molar refractivity (Wildman–Crippen MR) is 169 cm³/mol. The second-order valence-corrected chi connectivity index (χ2v) is 13.8. The predicted octanol–water partition coefficient (Wildman–Crippen LogP) is 3.84. The molecule has 1 amide bonds. The molecular formula is C34H46N5O5-. The summed E-state index contributed by atoms with van der Waals surface area (Å²) in [5.41, 5.74) is 3.23. The van der Waals surface area contributed by atoms with Gasteiger partial charge in [-0.15, -0.1) is 0 Å². The van der Waals surface area contributed by atoms with Crippen molar-refractivity contribution >= 4 is 17.3 Å². The van der Waals surface area contributed by atoms with E-state index in [0.717, 1.165) is 42.8 Å². The van der Waals surface area contributed by atoms with E-state index >= 15 is 0 Å². The third kappa shape index (κ3) is 5.44. The second kappa shape index (κ2) is 12.5. The highest BCUT2D eigenvalue weighted by Crippen LogP contribution is 2.48. The van der Waals surface area contributed by atoms with Crippen LogP contribution in [-0.4, -0.2) is 84.0 Å². The molecule has 7 rings (SSSR count). The Hall–Kier alpha value is -2.92. The first kappa shape index (κ1) is 29.8. The molecule has 1 aromatic carbocycles. The average molecular weight is 605 g/mol. The van der Waals surface area contributed by atoms with Gasteiger partial charge in [0, 0.05) is 75.3 Å². The van der Waals surface area contributed by atoms with Crippen molar-refractivity contribution in [1.29, 1.82) is 0 Å². The molecule has 2 bridgehead atoms. The first-order valence-corrected chi connectivity index (χ1v) is 16.7. The van der Waals surface area contributed by atoms with E-state index in [1.807, 2.05) is 16.7 Å². The molecule has 3 fully saturated rings. The third-order valence-corrected chi connectivity index (χ3v) is 11.3. The number of amides is 1. The molecule has 238 valence electrons. The zero-order valence-electron chi connectivity index (χ0n) is 25.9. The number of rotatable bonds is 8. The summed E-state index contributed by atoms with van der Waals surface area (Å²) < 4.78 is 7.35. The molecular weight excluding hydrogens is 558 g/mol. The molecule has 6 atom stereocenters. The van der Waals surface area contributed by atoms with Crippen LogP contribution >= 0.6 is 0 Å². The number of aromatic nitrogens is 1. The molecule has 0 aliphatic carbocycles. The lowest BCUT2D eigenvalue weighted by Crippen LogP contribution is -2.62. The Morgan fingerprint density at radius 3 is 2.82 bits per heavy atom. The van der Waals surface area contributed by atoms with Gasteiger partial charge in [-0.2, -0.15) is 0 Å². The summed E-state index contributed by atoms with van der Waals surface area (Å²) in [5, 5.41) is 21.5. The molecule has 0 saturated carbocycles. The van der Waals surface area contributed by atoms with Gasteiger partial charge >= 0.3 is 0 Å². The number of pyridine rings is 1. The van der Waals surface area contributed by atoms with Crippen LogP contribution in [0.3, 0.4) is 0 Å². The van der Waals surface area contributed by atoms with E-state index in [4.69, 9.17) is 4.74 Å². The Morgan fingerprint density at radius 1 is 1.11 bits per heavy atom. The summed E-state index contributed by atoms with van der Waals surface area (Å²) in [6.45, 7) is 5.69. The number of ether oxygens (including phenoxy) is 1. The molecule has 1 N–H and O–H groups in total. The van der Waals surface area contributed by atoms with Gasteiger partial charge < -0.3 is 34.4 Å². The van der Waals surface area contributed by atoms with Gasteiger partial charge in [-0.1, -0.05) is 12.5 Å². The van der Waals surface area contributed by atoms with Crippen LogP contribution in [0.15, 0.2) is 41.2 Å². The van der Waals surface area contributed by atoms with Crippen molar-refractivity contribution in [3.8, 4) is 0 Å². The Bertz CT molecular complexity index is 1410. The molecule has 0 spiro atoms. The number of benzene rings is 1. The maximum atomic E-state index is 14.9. The summed E-state index contributed by atoms with van der Waals surface area (Å²) in [6, 6.07) is 11.4. The number of anilines is 2. The van der Waals surface area contributed by atoms with Gasteiger partial charge in [-0.3, -0.25) is 14.8 Å². The summed E-state index contributed by atoms with van der Waals surface area (Å²) in [6.07, 6.45) is 8.33. The van der Waals surface area contributed by atoms with Gasteiger partial charge in [0.1, 0.15) is 0 Å². The molecule has 0 radical (unpaired) electrons. The molecule has 2 unspecified atom stereocenters. The van der Waals surface area contributed by atoms with Gasteiger partial charge in [0.2, 0.25) is 5.91 Å². The highest BCUT2D eigenvalue weighted by Gasteiger charge is 2.50. The topological polar surface area (TPSA) is 105 Å². The summed E-state index contributed by atoms with van der Waals surface area (Å²) in [4.78, 5) is 35.1. The molecule has 2 aromatic rings. The fraction of sp³-hybridized carbons (Fsp3) is 0.647. The lowest BCUT2D eigenvalue weighted by atomic mass is 9.69. The highest BCUT2D eigenvalue weighted by atomic mass is 16.8. The highest BCUT2D eigenvalue weighted by molar-refractivity contribution is 5.83. The fourth-order valence-corrected chi connectivity index (χ4v) is 9.44. The smallest absolute Gasteiger partial charge is 0.250 e. The number of methoxy groups -OCH3 is 1. The number of fused-ring (bicyclic) bond motifs is 9. The van der Waals surface area contributed by atoms with Crippen LogP contribution in [0.1, 0.15) is 62.1 Å². The first-order valence-electron chi connectivity index (χ1n) is 16.7. The molecule has 6 heterocycles. The number of hydrogen-bond acceptors (Lipinski definition) is 8. The molecule has 44 heavy (non-hydrogen) atoms. The van der Waals surface area contributed by atoms with Crippen LogP contribution < -0.4 is 15.7 Å². The van der Waals surface area contributed by atoms with Crippen molar-refractivity contribution < 1.29 is 14.7 Å². The molecule has 10 heteroatoms. The van der Waals surface area contributed by atoms with Crippen molar-refractivity contribution in [2.45, 2.75) is 75.9 Å². The zero-order chi connectivity index (χ0) is 30.4. The van der Waals surface area contributed by atoms with Gasteiger partial charge in [0.15, 0.2) is 0 Å². The van der Waals surface area contributed by atoms with Crippen LogP contribution in [0.4, 0.5) is 11.4 Å². The number of hydrogen-bond donors (Lipinski definition) is 1. The number of piperidine rings is 3. The Morgan fingerprint density at radius 2 is 1.98 bits per heavy atom. The van der Waals surface area contributed by atoms with Crippen LogP contribution in [0.5, 0.6) is 0 Å². The van der Waals surface area contributed by atoms with Gasteiger partial charge in [-0.25, -0.2) is 0 Å². The van der Waals surface area contributed by atoms with Gasteiger partial charge in [0.05, 0.1) is 11.6 Å². The molecule has 3 saturated heterocycles. The minimum absolute atomic E-state index is 0.0309. The van der Waals surface area contributed by atoms with E-state index in [1.165, 1.54) is 38.8 Å². The van der Waals surface area contributed by atoms with E-state index in [0.29, 0.717) is 44.6 Å². The average Bonchev–Trinajstić information content (AvgIpc) is 3.04. The van der Waals surface area contributed by atoms with Gasteiger partial charge in [-0.05, 0) is 99.7 Å². The fourth-order valence-electron chi connectivity index (χ4n) is 9.44. The van der Waals surface area contributed by atoms with Crippen LogP contribution in [-0.2, 0) is 22.5 Å². The quantitative estimate of drug-likeness (QED) is 0.358. The lowest BCUT2D eigenvalue weighted by Gasteiger charge is -2.55. The van der Waals surface area contributed by atoms with Crippen LogP contribution in [0.2, 0.25) is 0 Å². The van der Waals surface area contributed by atoms with Crippen molar-refractivity contribution in [3.63, 3.8) is 0 Å². The second-order valence-electron chi connectivity index (χ2n) is 13.8. The van der Waals surface area contributed by atoms with Crippen molar-refractivity contribution in [2.24, 2.45) is 17.8 Å². The lowest BCUT2D eigenvalue weighted by molar-refractivity contribution is -0.139. The van der Waals surface area contributed by atoms with Crippen LogP contribution in [0.25, 0.3) is 0 Å². The van der Waals surface area contributed by atoms with E-state index in [9.17, 15) is 20.0 Å². The van der Waals surface area contributed by atoms with E-state index in [2.05, 4.69) is 20.8 Å². The third-order valence-electron chi connectivity index (χ3n) is 11.3. The van der Waals surface area contributed by atoms with Crippen molar-refractivity contribution in [2.75, 3.05) is 56.6 Å². The zero-order valence-corrected chi connectivity index (χ0v) is 25.9. The van der Waals surface area contributed by atoms with E-state index in [-0.39, 0.29) is 46.2 Å². The normalized spacial score (nSPS) is 29.2. The minimum atomic E-state index is -0.308. The van der Waals surface area contributed by atoms with Gasteiger partial charge in [0.25, 0.3) is 5.56 Å². The van der Waals surface area contributed by atoms with Crippen LogP contribution in [0, 0.1) is 23.0 Å². The largest absolute Gasteiger partial charge is 0.733 e. The maximum Gasteiger partial charge on any atom is 0.250 e. The number of carbonyl (C=O) groups excluding carboxylic acids is 1. The summed E-state index contributed by atoms with van der Waals surface area (Å²) in [5.74, 6) is 0.672. The monoisotopic (exact) mass is 604 g/mol. The maximum absolute atomic E-state index is 14.9. The number of nitrogens with zero attached hydrogens (tertiary/aromatic N) is 5. The van der Waals surface area contributed by atoms with E-state index < -0.39 is 0 Å². The van der Waals surface area contributed by atoms with Crippen molar-refractivity contribution in [3.05, 3.63) is 63.2 Å².